The molecule has 0 saturated carbocycles. The molecule has 0 bridgehead atoms. The number of nitrogens with zero attached hydrogens (tertiary/aromatic N) is 2. The van der Waals surface area contributed by atoms with Crippen LogP contribution >= 0.6 is 0 Å². The predicted octanol–water partition coefficient (Wildman–Crippen LogP) is 4.93. The van der Waals surface area contributed by atoms with E-state index in [4.69, 9.17) is 4.74 Å². The molecule has 0 amide bonds. The molecule has 1 aromatic carbocycles. The van der Waals surface area contributed by atoms with Crippen LogP contribution in [-0.2, 0) is 16.0 Å². The SMILES string of the molecule is CCC1(C)CN(c2c(F)cc3c(=O)c(C(=O)O)cn4c3c2CC[C@@H]4C)CCC1OC(=O)C(C)(C)C. The van der Waals surface area contributed by atoms with E-state index < -0.39 is 22.6 Å². The molecule has 190 valence electrons. The molecule has 3 heterocycles. The third-order valence-electron chi connectivity index (χ3n) is 7.83. The summed E-state index contributed by atoms with van der Waals surface area (Å²) in [6.07, 6.45) is 3.76. The second kappa shape index (κ2) is 8.64. The van der Waals surface area contributed by atoms with Crippen LogP contribution in [-0.4, -0.2) is 40.8 Å². The van der Waals surface area contributed by atoms with Gasteiger partial charge >= 0.3 is 11.9 Å². The van der Waals surface area contributed by atoms with Crippen LogP contribution in [0.25, 0.3) is 10.9 Å². The molecule has 0 spiro atoms. The van der Waals surface area contributed by atoms with Crippen molar-refractivity contribution < 1.29 is 23.8 Å². The number of carbonyl (C=O) groups excluding carboxylic acids is 1. The molecule has 2 aliphatic heterocycles. The van der Waals surface area contributed by atoms with Crippen molar-refractivity contribution in [3.63, 3.8) is 0 Å². The molecule has 0 aliphatic carbocycles. The Bertz CT molecular complexity index is 1260. The van der Waals surface area contributed by atoms with Crippen LogP contribution in [0.3, 0.4) is 0 Å². The fourth-order valence-electron chi connectivity index (χ4n) is 5.40. The van der Waals surface area contributed by atoms with Gasteiger partial charge in [-0.3, -0.25) is 9.59 Å². The molecule has 7 nitrogen and oxygen atoms in total. The number of halogens is 1. The lowest BCUT2D eigenvalue weighted by molar-refractivity contribution is -0.167. The summed E-state index contributed by atoms with van der Waals surface area (Å²) in [5.74, 6) is -2.07. The highest BCUT2D eigenvalue weighted by Gasteiger charge is 2.43. The van der Waals surface area contributed by atoms with Gasteiger partial charge < -0.3 is 19.3 Å². The molecule has 1 N–H and O–H groups in total. The Hall–Kier alpha value is -2.90. The van der Waals surface area contributed by atoms with Gasteiger partial charge in [0.1, 0.15) is 17.5 Å². The van der Waals surface area contributed by atoms with Gasteiger partial charge in [-0.15, -0.1) is 0 Å². The normalized spacial score (nSPS) is 24.5. The van der Waals surface area contributed by atoms with E-state index in [9.17, 15) is 19.5 Å². The highest BCUT2D eigenvalue weighted by atomic mass is 19.1. The Morgan fingerprint density at radius 2 is 1.97 bits per heavy atom. The number of carboxylic acids is 1. The topological polar surface area (TPSA) is 88.8 Å². The lowest BCUT2D eigenvalue weighted by atomic mass is 9.76. The van der Waals surface area contributed by atoms with Crippen molar-refractivity contribution in [2.24, 2.45) is 10.8 Å². The van der Waals surface area contributed by atoms with Gasteiger partial charge in [-0.05, 0) is 53.0 Å². The number of carbonyl (C=O) groups is 2. The first kappa shape index (κ1) is 25.2. The minimum absolute atomic E-state index is 0.00883. The number of hydrogen-bond acceptors (Lipinski definition) is 5. The van der Waals surface area contributed by atoms with Gasteiger partial charge in [-0.1, -0.05) is 13.8 Å². The minimum Gasteiger partial charge on any atom is -0.477 e. The first-order valence-corrected chi connectivity index (χ1v) is 12.4. The van der Waals surface area contributed by atoms with E-state index in [1.165, 1.54) is 12.3 Å². The number of hydrogen-bond donors (Lipinski definition) is 1. The number of aromatic nitrogens is 1. The summed E-state index contributed by atoms with van der Waals surface area (Å²) in [7, 11) is 0. The fraction of sp³-hybridized carbons (Fsp3) is 0.593. The Kier molecular flexibility index (Phi) is 6.22. The Labute approximate surface area is 204 Å². The standard InChI is InChI=1S/C27H35FN2O5/c1-7-27(6)14-29(11-10-20(27)35-25(34)26(3,4)5)22-16-9-8-15(2)30-13-18(24(32)33)23(31)17(21(16)30)12-19(22)28/h12-13,15,20H,7-11,14H2,1-6H3,(H,32,33)/t15-,20?,27?/m0/s1. The van der Waals surface area contributed by atoms with Gasteiger partial charge in [0.25, 0.3) is 0 Å². The highest BCUT2D eigenvalue weighted by molar-refractivity contribution is 5.95. The molecule has 2 aliphatic rings. The van der Waals surface area contributed by atoms with Gasteiger partial charge in [-0.25, -0.2) is 9.18 Å². The molecule has 1 saturated heterocycles. The maximum Gasteiger partial charge on any atom is 0.341 e. The number of pyridine rings is 1. The molecule has 8 heteroatoms. The van der Waals surface area contributed by atoms with Crippen LogP contribution in [0.2, 0.25) is 0 Å². The van der Waals surface area contributed by atoms with Gasteiger partial charge in [0.05, 0.1) is 16.6 Å². The van der Waals surface area contributed by atoms with Gasteiger partial charge in [-0.2, -0.15) is 0 Å². The van der Waals surface area contributed by atoms with E-state index in [0.717, 1.165) is 12.0 Å². The van der Waals surface area contributed by atoms with E-state index in [-0.39, 0.29) is 34.5 Å². The number of benzene rings is 1. The first-order valence-electron chi connectivity index (χ1n) is 12.4. The van der Waals surface area contributed by atoms with E-state index in [2.05, 4.69) is 13.8 Å². The van der Waals surface area contributed by atoms with Crippen molar-refractivity contribution >= 4 is 28.5 Å². The summed E-state index contributed by atoms with van der Waals surface area (Å²) in [5.41, 5.74) is -0.135. The largest absolute Gasteiger partial charge is 0.477 e. The van der Waals surface area contributed by atoms with Gasteiger partial charge in [0.15, 0.2) is 0 Å². The average Bonchev–Trinajstić information content (AvgIpc) is 2.77. The van der Waals surface area contributed by atoms with E-state index in [1.807, 2.05) is 37.2 Å². The fourth-order valence-corrected chi connectivity index (χ4v) is 5.40. The van der Waals surface area contributed by atoms with Crippen molar-refractivity contribution in [3.8, 4) is 0 Å². The minimum atomic E-state index is -1.31. The molecule has 1 aromatic heterocycles. The van der Waals surface area contributed by atoms with E-state index >= 15 is 4.39 Å². The highest BCUT2D eigenvalue weighted by Crippen LogP contribution is 2.43. The molecule has 2 aromatic rings. The number of rotatable bonds is 4. The van der Waals surface area contributed by atoms with Crippen molar-refractivity contribution in [2.75, 3.05) is 18.0 Å². The zero-order chi connectivity index (χ0) is 25.9. The maximum absolute atomic E-state index is 15.7. The molecule has 3 atom stereocenters. The van der Waals surface area contributed by atoms with Gasteiger partial charge in [0.2, 0.25) is 5.43 Å². The molecule has 1 fully saturated rings. The summed E-state index contributed by atoms with van der Waals surface area (Å²) in [6.45, 7) is 12.6. The van der Waals surface area contributed by atoms with Gasteiger partial charge in [0, 0.05) is 48.1 Å². The lowest BCUT2D eigenvalue weighted by Gasteiger charge is -2.47. The Morgan fingerprint density at radius 1 is 1.29 bits per heavy atom. The number of aryl methyl sites for hydroxylation is 1. The lowest BCUT2D eigenvalue weighted by Crippen LogP contribution is -2.52. The smallest absolute Gasteiger partial charge is 0.341 e. The molecule has 0 radical (unpaired) electrons. The third-order valence-corrected chi connectivity index (χ3v) is 7.83. The average molecular weight is 487 g/mol. The van der Waals surface area contributed by atoms with Crippen LogP contribution in [0.1, 0.15) is 82.8 Å². The van der Waals surface area contributed by atoms with Crippen LogP contribution in [0.4, 0.5) is 10.1 Å². The summed E-state index contributed by atoms with van der Waals surface area (Å²) in [5, 5.41) is 9.63. The second-order valence-electron chi connectivity index (χ2n) is 11.4. The number of anilines is 1. The summed E-state index contributed by atoms with van der Waals surface area (Å²) >= 11 is 0. The predicted molar refractivity (Wildman–Crippen MR) is 133 cm³/mol. The zero-order valence-corrected chi connectivity index (χ0v) is 21.4. The maximum atomic E-state index is 15.7. The Morgan fingerprint density at radius 3 is 2.57 bits per heavy atom. The molecule has 2 unspecified atom stereocenters. The van der Waals surface area contributed by atoms with Crippen LogP contribution in [0.15, 0.2) is 17.1 Å². The molecular formula is C27H35FN2O5. The molecular weight excluding hydrogens is 451 g/mol. The number of aromatic carboxylic acids is 1. The van der Waals surface area contributed by atoms with E-state index in [1.54, 1.807) is 0 Å². The van der Waals surface area contributed by atoms with Crippen molar-refractivity contribution in [1.82, 2.24) is 4.57 Å². The third kappa shape index (κ3) is 4.21. The molecule has 35 heavy (non-hydrogen) atoms. The van der Waals surface area contributed by atoms with Crippen molar-refractivity contribution in [1.29, 1.82) is 0 Å². The quantitative estimate of drug-likeness (QED) is 0.617. The molecule has 4 rings (SSSR count). The number of piperidine rings is 1. The summed E-state index contributed by atoms with van der Waals surface area (Å²) in [4.78, 5) is 39.2. The van der Waals surface area contributed by atoms with Crippen LogP contribution < -0.4 is 10.3 Å². The first-order chi connectivity index (χ1) is 16.3. The van der Waals surface area contributed by atoms with Crippen molar-refractivity contribution in [2.45, 2.75) is 79.4 Å². The van der Waals surface area contributed by atoms with Crippen molar-refractivity contribution in [3.05, 3.63) is 39.4 Å². The number of esters is 1. The number of carboxylic acid groups (broad SMARTS) is 1. The monoisotopic (exact) mass is 486 g/mol. The second-order valence-corrected chi connectivity index (χ2v) is 11.4. The van der Waals surface area contributed by atoms with Crippen LogP contribution in [0, 0.1) is 16.6 Å². The summed E-state index contributed by atoms with van der Waals surface area (Å²) in [6, 6.07) is 1.19. The number of ether oxygens (including phenoxy) is 1. The van der Waals surface area contributed by atoms with E-state index in [0.29, 0.717) is 43.6 Å². The Balaban J connectivity index is 1.80. The summed E-state index contributed by atoms with van der Waals surface area (Å²) < 4.78 is 23.5. The van der Waals surface area contributed by atoms with Crippen LogP contribution in [0.5, 0.6) is 0 Å². The zero-order valence-electron chi connectivity index (χ0n) is 21.4.